The first kappa shape index (κ1) is 26.3. The highest BCUT2D eigenvalue weighted by Crippen LogP contribution is 2.25. The van der Waals surface area contributed by atoms with Crippen molar-refractivity contribution in [1.82, 2.24) is 24.7 Å². The summed E-state index contributed by atoms with van der Waals surface area (Å²) in [6.45, 7) is 6.60. The molecule has 1 amide bonds. The van der Waals surface area contributed by atoms with Crippen LogP contribution in [0.5, 0.6) is 0 Å². The predicted octanol–water partition coefficient (Wildman–Crippen LogP) is 1.91. The van der Waals surface area contributed by atoms with E-state index in [0.29, 0.717) is 37.0 Å². The number of carbonyl (C=O) groups is 1. The van der Waals surface area contributed by atoms with Crippen LogP contribution in [0.15, 0.2) is 65.8 Å². The maximum absolute atomic E-state index is 13.7. The van der Waals surface area contributed by atoms with E-state index in [1.165, 1.54) is 18.0 Å². The van der Waals surface area contributed by atoms with Crippen LogP contribution in [-0.2, 0) is 21.0 Å². The SMILES string of the molecule is C=S(=O)(c1ccc(-c2cccc(CN3CCOCC3)c2)cc1)N1CCN(c2ncc(C(=O)NO)cn2)CC1. The molecule has 2 aromatic carbocycles. The number of rotatable bonds is 7. The number of aromatic nitrogens is 2. The molecule has 11 heteroatoms. The topological polar surface area (TPSA) is 111 Å². The van der Waals surface area contributed by atoms with Gasteiger partial charge in [0.25, 0.3) is 5.91 Å². The lowest BCUT2D eigenvalue weighted by molar-refractivity contribution is 0.0342. The van der Waals surface area contributed by atoms with Crippen molar-refractivity contribution in [3.8, 4) is 11.1 Å². The fourth-order valence-corrected chi connectivity index (χ4v) is 6.34. The molecule has 0 aliphatic carbocycles. The molecule has 0 saturated carbocycles. The third-order valence-electron chi connectivity index (χ3n) is 6.93. The molecule has 10 nitrogen and oxygen atoms in total. The quantitative estimate of drug-likeness (QED) is 0.268. The first-order valence-corrected chi connectivity index (χ1v) is 14.3. The third kappa shape index (κ3) is 5.87. The number of morpholine rings is 1. The smallest absolute Gasteiger partial charge is 0.277 e. The van der Waals surface area contributed by atoms with E-state index in [1.54, 1.807) is 5.48 Å². The van der Waals surface area contributed by atoms with E-state index in [1.807, 2.05) is 33.5 Å². The molecule has 3 heterocycles. The molecule has 2 fully saturated rings. The number of piperazine rings is 1. The van der Waals surface area contributed by atoms with Gasteiger partial charge < -0.3 is 9.64 Å². The van der Waals surface area contributed by atoms with Crippen LogP contribution < -0.4 is 10.4 Å². The number of hydroxylamine groups is 1. The minimum absolute atomic E-state index is 0.169. The van der Waals surface area contributed by atoms with Gasteiger partial charge in [-0.2, -0.15) is 0 Å². The van der Waals surface area contributed by atoms with Crippen molar-refractivity contribution in [2.45, 2.75) is 11.4 Å². The fourth-order valence-electron chi connectivity index (χ4n) is 4.73. The van der Waals surface area contributed by atoms with Crippen molar-refractivity contribution in [3.05, 3.63) is 72.1 Å². The zero-order valence-electron chi connectivity index (χ0n) is 21.2. The van der Waals surface area contributed by atoms with Gasteiger partial charge in [0.05, 0.1) is 28.5 Å². The number of anilines is 1. The Morgan fingerprint density at radius 3 is 2.32 bits per heavy atom. The van der Waals surface area contributed by atoms with Crippen molar-refractivity contribution in [3.63, 3.8) is 0 Å². The Hall–Kier alpha value is -3.35. The van der Waals surface area contributed by atoms with Crippen molar-refractivity contribution in [1.29, 1.82) is 0 Å². The number of benzene rings is 2. The molecular weight excluding hydrogens is 504 g/mol. The number of amides is 1. The zero-order chi connectivity index (χ0) is 26.5. The van der Waals surface area contributed by atoms with Gasteiger partial charge in [0.15, 0.2) is 0 Å². The molecule has 0 spiro atoms. The highest BCUT2D eigenvalue weighted by Gasteiger charge is 2.25. The van der Waals surface area contributed by atoms with Crippen LogP contribution in [0.3, 0.4) is 0 Å². The van der Waals surface area contributed by atoms with Crippen LogP contribution in [-0.4, -0.2) is 92.8 Å². The Labute approximate surface area is 223 Å². The number of hydrogen-bond donors (Lipinski definition) is 2. The molecule has 2 aliphatic heterocycles. The van der Waals surface area contributed by atoms with Gasteiger partial charge in [0.2, 0.25) is 5.95 Å². The molecule has 1 atom stereocenters. The molecule has 1 aromatic heterocycles. The molecule has 2 saturated heterocycles. The van der Waals surface area contributed by atoms with E-state index in [9.17, 15) is 9.00 Å². The molecule has 38 heavy (non-hydrogen) atoms. The number of nitrogens with one attached hydrogen (secondary N) is 1. The molecule has 3 aromatic rings. The minimum atomic E-state index is -2.65. The first-order chi connectivity index (χ1) is 18.4. The second kappa shape index (κ2) is 11.6. The summed E-state index contributed by atoms with van der Waals surface area (Å²) in [5.74, 6) is 3.92. The van der Waals surface area contributed by atoms with Crippen LogP contribution >= 0.6 is 0 Å². The minimum Gasteiger partial charge on any atom is -0.379 e. The third-order valence-corrected chi connectivity index (χ3v) is 9.14. The number of nitrogens with zero attached hydrogens (tertiary/aromatic N) is 5. The van der Waals surface area contributed by atoms with E-state index in [0.717, 1.165) is 44.0 Å². The second-order valence-corrected chi connectivity index (χ2v) is 11.7. The summed E-state index contributed by atoms with van der Waals surface area (Å²) in [5.41, 5.74) is 5.21. The molecular formula is C27H32N6O4S. The van der Waals surface area contributed by atoms with Gasteiger partial charge in [-0.1, -0.05) is 30.3 Å². The van der Waals surface area contributed by atoms with E-state index in [-0.39, 0.29) is 5.56 Å². The summed E-state index contributed by atoms with van der Waals surface area (Å²) in [6, 6.07) is 16.4. The lowest BCUT2D eigenvalue weighted by Crippen LogP contribution is -2.49. The van der Waals surface area contributed by atoms with Crippen molar-refractivity contribution in [2.24, 2.45) is 0 Å². The van der Waals surface area contributed by atoms with Crippen LogP contribution in [0.1, 0.15) is 15.9 Å². The monoisotopic (exact) mass is 536 g/mol. The van der Waals surface area contributed by atoms with Gasteiger partial charge in [-0.3, -0.25) is 14.9 Å². The molecule has 5 rings (SSSR count). The Kier molecular flexibility index (Phi) is 8.01. The van der Waals surface area contributed by atoms with Gasteiger partial charge in [-0.25, -0.2) is 24.0 Å². The highest BCUT2D eigenvalue weighted by molar-refractivity contribution is 7.98. The number of carbonyl (C=O) groups excluding carboxylic acids is 1. The van der Waals surface area contributed by atoms with E-state index >= 15 is 0 Å². The molecule has 200 valence electrons. The molecule has 2 aliphatic rings. The number of hydrogen-bond acceptors (Lipinski definition) is 8. The lowest BCUT2D eigenvalue weighted by Gasteiger charge is -2.36. The zero-order valence-corrected chi connectivity index (χ0v) is 22.0. The Balaban J connectivity index is 1.22. The standard InChI is InChI=1S/C27H32N6O4S/c1-38(36,33-11-9-32(10-12-33)27-28-18-24(19-29-27)26(34)30-35)25-7-5-22(6-8-25)23-4-2-3-21(17-23)20-31-13-15-37-16-14-31/h2-8,17-19,35H,1,9-16,20H2,(H,30,34). The Morgan fingerprint density at radius 2 is 1.66 bits per heavy atom. The van der Waals surface area contributed by atoms with Gasteiger partial charge in [-0.05, 0) is 40.8 Å². The van der Waals surface area contributed by atoms with Crippen LogP contribution in [0.2, 0.25) is 0 Å². The van der Waals surface area contributed by atoms with Crippen molar-refractivity contribution < 1.29 is 18.9 Å². The summed E-state index contributed by atoms with van der Waals surface area (Å²) in [4.78, 5) is 25.0. The van der Waals surface area contributed by atoms with Crippen LogP contribution in [0, 0.1) is 0 Å². The normalized spacial score (nSPS) is 18.6. The average molecular weight is 537 g/mol. The van der Waals surface area contributed by atoms with Crippen molar-refractivity contribution in [2.75, 3.05) is 57.4 Å². The highest BCUT2D eigenvalue weighted by atomic mass is 32.2. The molecule has 1 unspecified atom stereocenters. The fraction of sp³-hybridized carbons (Fsp3) is 0.333. The molecule has 2 N–H and O–H groups in total. The summed E-state index contributed by atoms with van der Waals surface area (Å²) in [5, 5.41) is 8.74. The Bertz CT molecular complexity index is 1350. The van der Waals surface area contributed by atoms with Gasteiger partial charge >= 0.3 is 0 Å². The van der Waals surface area contributed by atoms with Gasteiger partial charge in [-0.15, -0.1) is 0 Å². The number of ether oxygens (including phenoxy) is 1. The summed E-state index contributed by atoms with van der Waals surface area (Å²) < 4.78 is 21.1. The summed E-state index contributed by atoms with van der Waals surface area (Å²) in [7, 11) is -2.65. The van der Waals surface area contributed by atoms with E-state index in [4.69, 9.17) is 9.94 Å². The van der Waals surface area contributed by atoms with Crippen LogP contribution in [0.4, 0.5) is 5.95 Å². The molecule has 0 radical (unpaired) electrons. The first-order valence-electron chi connectivity index (χ1n) is 12.6. The summed E-state index contributed by atoms with van der Waals surface area (Å²) >= 11 is 0. The molecule has 0 bridgehead atoms. The van der Waals surface area contributed by atoms with E-state index in [2.05, 4.69) is 45.0 Å². The van der Waals surface area contributed by atoms with Gasteiger partial charge in [0, 0.05) is 63.1 Å². The maximum atomic E-state index is 13.7. The van der Waals surface area contributed by atoms with Gasteiger partial charge in [0.1, 0.15) is 0 Å². The summed E-state index contributed by atoms with van der Waals surface area (Å²) in [6.07, 6.45) is 2.73. The lowest BCUT2D eigenvalue weighted by atomic mass is 10.0. The predicted molar refractivity (Wildman–Crippen MR) is 147 cm³/mol. The second-order valence-electron chi connectivity index (χ2n) is 9.38. The Morgan fingerprint density at radius 1 is 0.974 bits per heavy atom. The van der Waals surface area contributed by atoms with Crippen LogP contribution in [0.25, 0.3) is 11.1 Å². The largest absolute Gasteiger partial charge is 0.379 e. The van der Waals surface area contributed by atoms with E-state index < -0.39 is 15.6 Å². The average Bonchev–Trinajstić information content (AvgIpc) is 2.97. The van der Waals surface area contributed by atoms with Crippen molar-refractivity contribution >= 4 is 27.4 Å². The maximum Gasteiger partial charge on any atom is 0.277 e.